The molecule has 1 atom stereocenters. The van der Waals surface area contributed by atoms with Crippen LogP contribution in [0.2, 0.25) is 0 Å². The molecule has 14 heavy (non-hydrogen) atoms. The monoisotopic (exact) mass is 192 g/mol. The summed E-state index contributed by atoms with van der Waals surface area (Å²) in [6.07, 6.45) is 0.0833. The molecule has 1 aromatic rings. The quantitative estimate of drug-likeness (QED) is 0.777. The summed E-state index contributed by atoms with van der Waals surface area (Å²) in [6.45, 7) is 2.78. The van der Waals surface area contributed by atoms with Gasteiger partial charge in [-0.25, -0.2) is 0 Å². The molecule has 1 unspecified atom stereocenters. The number of ether oxygens (including phenoxy) is 1. The summed E-state index contributed by atoms with van der Waals surface area (Å²) >= 11 is 0. The van der Waals surface area contributed by atoms with Crippen molar-refractivity contribution in [2.24, 2.45) is 0 Å². The second-order valence-corrected chi connectivity index (χ2v) is 3.65. The Bertz CT molecular complexity index is 371. The molecule has 1 N–H and O–H groups in total. The van der Waals surface area contributed by atoms with E-state index in [1.807, 2.05) is 18.2 Å². The lowest BCUT2D eigenvalue weighted by Gasteiger charge is -2.03. The van der Waals surface area contributed by atoms with Crippen LogP contribution in [0.5, 0.6) is 5.75 Å². The molecular formula is C11H12O3. The van der Waals surface area contributed by atoms with Gasteiger partial charge in [0, 0.05) is 11.5 Å². The van der Waals surface area contributed by atoms with E-state index < -0.39 is 5.97 Å². The highest BCUT2D eigenvalue weighted by Gasteiger charge is 2.20. The van der Waals surface area contributed by atoms with Crippen molar-refractivity contribution in [3.05, 3.63) is 29.3 Å². The fourth-order valence-corrected chi connectivity index (χ4v) is 1.70. The summed E-state index contributed by atoms with van der Waals surface area (Å²) in [5, 5.41) is 8.65. The molecule has 1 aromatic carbocycles. The zero-order chi connectivity index (χ0) is 10.1. The van der Waals surface area contributed by atoms with Crippen molar-refractivity contribution in [1.82, 2.24) is 0 Å². The maximum Gasteiger partial charge on any atom is 0.307 e. The predicted octanol–water partition coefficient (Wildman–Crippen LogP) is 1.81. The number of fused-ring (bicyclic) bond motifs is 1. The van der Waals surface area contributed by atoms with Gasteiger partial charge in [-0.2, -0.15) is 0 Å². The van der Waals surface area contributed by atoms with Gasteiger partial charge in [0.2, 0.25) is 0 Å². The van der Waals surface area contributed by atoms with Crippen LogP contribution in [0.1, 0.15) is 24.0 Å². The molecule has 1 aliphatic heterocycles. The minimum atomic E-state index is -0.795. The zero-order valence-corrected chi connectivity index (χ0v) is 7.99. The van der Waals surface area contributed by atoms with Crippen molar-refractivity contribution in [2.75, 3.05) is 6.61 Å². The summed E-state index contributed by atoms with van der Waals surface area (Å²) in [6, 6.07) is 5.60. The van der Waals surface area contributed by atoms with Gasteiger partial charge in [-0.15, -0.1) is 0 Å². The normalized spacial score (nSPS) is 18.8. The summed E-state index contributed by atoms with van der Waals surface area (Å²) in [7, 11) is 0. The standard InChI is InChI=1S/C11H12O3/c1-7-6-14-10-3-2-8(4-9(7)10)5-11(12)13/h2-4,7H,5-6H2,1H3,(H,12,13). The number of carboxylic acid groups (broad SMARTS) is 1. The summed E-state index contributed by atoms with van der Waals surface area (Å²) in [5.74, 6) is 0.474. The van der Waals surface area contributed by atoms with Crippen LogP contribution in [-0.2, 0) is 11.2 Å². The minimum absolute atomic E-state index is 0.0833. The molecule has 0 amide bonds. The Balaban J connectivity index is 2.30. The second-order valence-electron chi connectivity index (χ2n) is 3.65. The van der Waals surface area contributed by atoms with Gasteiger partial charge < -0.3 is 9.84 Å². The smallest absolute Gasteiger partial charge is 0.307 e. The van der Waals surface area contributed by atoms with Crippen molar-refractivity contribution in [3.8, 4) is 5.75 Å². The first-order valence-electron chi connectivity index (χ1n) is 4.64. The van der Waals surface area contributed by atoms with E-state index in [-0.39, 0.29) is 6.42 Å². The van der Waals surface area contributed by atoms with Crippen molar-refractivity contribution in [3.63, 3.8) is 0 Å². The first-order valence-corrected chi connectivity index (χ1v) is 4.64. The number of carbonyl (C=O) groups is 1. The van der Waals surface area contributed by atoms with E-state index >= 15 is 0 Å². The predicted molar refractivity (Wildman–Crippen MR) is 51.7 cm³/mol. The molecule has 1 aliphatic rings. The molecule has 2 rings (SSSR count). The van der Waals surface area contributed by atoms with Crippen LogP contribution in [0.3, 0.4) is 0 Å². The summed E-state index contributed by atoms with van der Waals surface area (Å²) < 4.78 is 5.42. The summed E-state index contributed by atoms with van der Waals surface area (Å²) in [4.78, 5) is 10.5. The van der Waals surface area contributed by atoms with Crippen LogP contribution >= 0.6 is 0 Å². The van der Waals surface area contributed by atoms with Gasteiger partial charge in [0.25, 0.3) is 0 Å². The molecule has 0 aliphatic carbocycles. The van der Waals surface area contributed by atoms with Gasteiger partial charge >= 0.3 is 5.97 Å². The highest BCUT2D eigenvalue weighted by molar-refractivity contribution is 5.70. The molecule has 0 aromatic heterocycles. The van der Waals surface area contributed by atoms with Gasteiger partial charge in [-0.3, -0.25) is 4.79 Å². The number of rotatable bonds is 2. The lowest BCUT2D eigenvalue weighted by Crippen LogP contribution is -2.00. The fraction of sp³-hybridized carbons (Fsp3) is 0.364. The van der Waals surface area contributed by atoms with E-state index in [1.165, 1.54) is 0 Å². The van der Waals surface area contributed by atoms with Gasteiger partial charge in [0.05, 0.1) is 13.0 Å². The Morgan fingerprint density at radius 1 is 1.64 bits per heavy atom. The molecule has 3 heteroatoms. The minimum Gasteiger partial charge on any atom is -0.493 e. The van der Waals surface area contributed by atoms with Crippen LogP contribution in [0.15, 0.2) is 18.2 Å². The Kier molecular flexibility index (Phi) is 2.15. The van der Waals surface area contributed by atoms with E-state index in [0.717, 1.165) is 16.9 Å². The molecule has 1 heterocycles. The number of hydrogen-bond donors (Lipinski definition) is 1. The number of aliphatic carboxylic acids is 1. The molecule has 0 bridgehead atoms. The van der Waals surface area contributed by atoms with Gasteiger partial charge in [0.15, 0.2) is 0 Å². The highest BCUT2D eigenvalue weighted by atomic mass is 16.5. The first-order chi connectivity index (χ1) is 6.66. The molecule has 74 valence electrons. The molecular weight excluding hydrogens is 180 g/mol. The van der Waals surface area contributed by atoms with Crippen LogP contribution in [0, 0.1) is 0 Å². The van der Waals surface area contributed by atoms with Crippen LogP contribution < -0.4 is 4.74 Å². The van der Waals surface area contributed by atoms with Crippen molar-refractivity contribution in [1.29, 1.82) is 0 Å². The van der Waals surface area contributed by atoms with E-state index in [9.17, 15) is 4.79 Å². The van der Waals surface area contributed by atoms with E-state index in [4.69, 9.17) is 9.84 Å². The number of hydrogen-bond acceptors (Lipinski definition) is 2. The Labute approximate surface area is 82.3 Å². The Morgan fingerprint density at radius 3 is 3.14 bits per heavy atom. The lowest BCUT2D eigenvalue weighted by molar-refractivity contribution is -0.136. The molecule has 0 radical (unpaired) electrons. The Morgan fingerprint density at radius 2 is 2.43 bits per heavy atom. The number of benzene rings is 1. The third-order valence-corrected chi connectivity index (χ3v) is 2.45. The topological polar surface area (TPSA) is 46.5 Å². The van der Waals surface area contributed by atoms with Gasteiger partial charge in [-0.1, -0.05) is 19.1 Å². The van der Waals surface area contributed by atoms with E-state index in [0.29, 0.717) is 12.5 Å². The molecule has 0 spiro atoms. The molecule has 0 fully saturated rings. The van der Waals surface area contributed by atoms with Crippen molar-refractivity contribution >= 4 is 5.97 Å². The van der Waals surface area contributed by atoms with Gasteiger partial charge in [0.1, 0.15) is 5.75 Å². The lowest BCUT2D eigenvalue weighted by atomic mass is 10.00. The maximum atomic E-state index is 10.5. The SMILES string of the molecule is CC1COc2ccc(CC(=O)O)cc21. The van der Waals surface area contributed by atoms with Gasteiger partial charge in [-0.05, 0) is 11.6 Å². The Hall–Kier alpha value is -1.51. The van der Waals surface area contributed by atoms with E-state index in [2.05, 4.69) is 6.92 Å². The second kappa shape index (κ2) is 3.33. The summed E-state index contributed by atoms with van der Waals surface area (Å²) in [5.41, 5.74) is 1.97. The number of carboxylic acids is 1. The third-order valence-electron chi connectivity index (χ3n) is 2.45. The molecule has 0 saturated carbocycles. The zero-order valence-electron chi connectivity index (χ0n) is 7.99. The van der Waals surface area contributed by atoms with Crippen LogP contribution in [0.4, 0.5) is 0 Å². The first kappa shape index (κ1) is 9.06. The van der Waals surface area contributed by atoms with Crippen molar-refractivity contribution in [2.45, 2.75) is 19.3 Å². The van der Waals surface area contributed by atoms with Crippen molar-refractivity contribution < 1.29 is 14.6 Å². The average molecular weight is 192 g/mol. The molecule has 0 saturated heterocycles. The highest BCUT2D eigenvalue weighted by Crippen LogP contribution is 2.33. The van der Waals surface area contributed by atoms with Crippen LogP contribution in [0.25, 0.3) is 0 Å². The average Bonchev–Trinajstić information content (AvgIpc) is 2.47. The van der Waals surface area contributed by atoms with Crippen LogP contribution in [-0.4, -0.2) is 17.7 Å². The fourth-order valence-electron chi connectivity index (χ4n) is 1.70. The maximum absolute atomic E-state index is 10.5. The third kappa shape index (κ3) is 1.58. The van der Waals surface area contributed by atoms with E-state index in [1.54, 1.807) is 0 Å². The molecule has 3 nitrogen and oxygen atoms in total. The largest absolute Gasteiger partial charge is 0.493 e.